The summed E-state index contributed by atoms with van der Waals surface area (Å²) in [5, 5.41) is 4.60. The van der Waals surface area contributed by atoms with Gasteiger partial charge in [-0.2, -0.15) is 5.10 Å². The molecule has 0 amide bonds. The molecule has 0 aliphatic heterocycles. The molecule has 0 saturated carbocycles. The van der Waals surface area contributed by atoms with Gasteiger partial charge in [-0.3, -0.25) is 9.40 Å². The molecule has 0 saturated heterocycles. The van der Waals surface area contributed by atoms with E-state index in [1.807, 2.05) is 60.7 Å². The van der Waals surface area contributed by atoms with E-state index < -0.39 is 10.0 Å². The van der Waals surface area contributed by atoms with Crippen molar-refractivity contribution in [3.63, 3.8) is 0 Å². The first-order valence-corrected chi connectivity index (χ1v) is 11.4. The number of nitrogens with one attached hydrogen (secondary N) is 1. The van der Waals surface area contributed by atoms with Gasteiger partial charge in [-0.15, -0.1) is 0 Å². The highest BCUT2D eigenvalue weighted by Crippen LogP contribution is 2.32. The number of nitrogens with zero attached hydrogens (tertiary/aromatic N) is 2. The zero-order valence-corrected chi connectivity index (χ0v) is 18.5. The summed E-state index contributed by atoms with van der Waals surface area (Å²) in [5.74, 6) is 0.937. The number of hydrogen-bond acceptors (Lipinski definition) is 5. The zero-order chi connectivity index (χ0) is 22.6. The average molecular weight is 450 g/mol. The number of hydrogen-bond donors (Lipinski definition) is 1. The van der Waals surface area contributed by atoms with E-state index in [-0.39, 0.29) is 4.90 Å². The summed E-state index contributed by atoms with van der Waals surface area (Å²) in [6.45, 7) is 0.451. The number of aromatic nitrogens is 2. The number of anilines is 1. The van der Waals surface area contributed by atoms with E-state index >= 15 is 0 Å². The molecular formula is C24H23N3O4S. The van der Waals surface area contributed by atoms with Crippen LogP contribution >= 0.6 is 0 Å². The Kier molecular flexibility index (Phi) is 6.13. The maximum absolute atomic E-state index is 13.4. The van der Waals surface area contributed by atoms with Gasteiger partial charge in [-0.1, -0.05) is 60.7 Å². The molecule has 1 heterocycles. The molecule has 1 aromatic heterocycles. The fourth-order valence-corrected chi connectivity index (χ4v) is 4.58. The maximum Gasteiger partial charge on any atom is 0.265 e. The molecule has 0 unspecified atom stereocenters. The van der Waals surface area contributed by atoms with Crippen molar-refractivity contribution >= 4 is 15.7 Å². The van der Waals surface area contributed by atoms with Crippen LogP contribution in [0, 0.1) is 0 Å². The molecule has 0 aliphatic carbocycles. The van der Waals surface area contributed by atoms with Gasteiger partial charge in [0.15, 0.2) is 11.5 Å². The van der Waals surface area contributed by atoms with Crippen molar-refractivity contribution in [1.82, 2.24) is 9.78 Å². The van der Waals surface area contributed by atoms with E-state index in [1.165, 1.54) is 14.2 Å². The standard InChI is InChI=1S/C24H23N3O4S/c1-30-21-14-13-20(15-22(21)31-2)26-32(28,29)23-17-27(16-18-9-5-3-6-10-18)25-24(23)19-11-7-4-8-12-19/h3-15,17,26H,16H2,1-2H3. The third-order valence-electron chi connectivity index (χ3n) is 4.89. The summed E-state index contributed by atoms with van der Waals surface area (Å²) >= 11 is 0. The van der Waals surface area contributed by atoms with Crippen molar-refractivity contribution in [3.05, 3.63) is 90.6 Å². The van der Waals surface area contributed by atoms with Gasteiger partial charge in [0.1, 0.15) is 10.6 Å². The van der Waals surface area contributed by atoms with E-state index in [2.05, 4.69) is 9.82 Å². The van der Waals surface area contributed by atoms with Crippen LogP contribution in [0.15, 0.2) is 90.0 Å². The van der Waals surface area contributed by atoms with Gasteiger partial charge in [0.2, 0.25) is 0 Å². The number of ether oxygens (including phenoxy) is 2. The molecule has 0 aliphatic rings. The summed E-state index contributed by atoms with van der Waals surface area (Å²) in [5.41, 5.74) is 2.48. The van der Waals surface area contributed by atoms with Crippen molar-refractivity contribution in [3.8, 4) is 22.8 Å². The van der Waals surface area contributed by atoms with Crippen LogP contribution in [0.3, 0.4) is 0 Å². The predicted molar refractivity (Wildman–Crippen MR) is 124 cm³/mol. The van der Waals surface area contributed by atoms with Crippen LogP contribution in [0.5, 0.6) is 11.5 Å². The molecule has 0 fully saturated rings. The summed E-state index contributed by atoms with van der Waals surface area (Å²) in [6, 6.07) is 23.9. The van der Waals surface area contributed by atoms with E-state index in [4.69, 9.17) is 9.47 Å². The topological polar surface area (TPSA) is 82.5 Å². The summed E-state index contributed by atoms with van der Waals surface area (Å²) < 4.78 is 41.5. The van der Waals surface area contributed by atoms with E-state index in [0.717, 1.165) is 5.56 Å². The van der Waals surface area contributed by atoms with Crippen LogP contribution in [-0.4, -0.2) is 32.4 Å². The Hall–Kier alpha value is -3.78. The molecule has 32 heavy (non-hydrogen) atoms. The molecule has 3 aromatic carbocycles. The Morgan fingerprint density at radius 3 is 2.19 bits per heavy atom. The summed E-state index contributed by atoms with van der Waals surface area (Å²) in [6.07, 6.45) is 1.55. The van der Waals surface area contributed by atoms with Crippen LogP contribution in [0.2, 0.25) is 0 Å². The second-order valence-electron chi connectivity index (χ2n) is 7.07. The lowest BCUT2D eigenvalue weighted by Gasteiger charge is -2.12. The van der Waals surface area contributed by atoms with Gasteiger partial charge in [-0.25, -0.2) is 8.42 Å². The van der Waals surface area contributed by atoms with Crippen molar-refractivity contribution in [2.24, 2.45) is 0 Å². The van der Waals surface area contributed by atoms with Crippen LogP contribution in [0.25, 0.3) is 11.3 Å². The van der Waals surface area contributed by atoms with E-state index in [1.54, 1.807) is 29.1 Å². The van der Waals surface area contributed by atoms with Crippen LogP contribution in [-0.2, 0) is 16.6 Å². The molecular weight excluding hydrogens is 426 g/mol. The smallest absolute Gasteiger partial charge is 0.265 e. The minimum atomic E-state index is -3.94. The normalized spacial score (nSPS) is 11.2. The van der Waals surface area contributed by atoms with Gasteiger partial charge in [0.25, 0.3) is 10.0 Å². The molecule has 0 radical (unpaired) electrons. The van der Waals surface area contributed by atoms with Crippen LogP contribution in [0.1, 0.15) is 5.56 Å². The van der Waals surface area contributed by atoms with Gasteiger partial charge in [-0.05, 0) is 17.7 Å². The molecule has 0 spiro atoms. The Bertz CT molecular complexity index is 1300. The van der Waals surface area contributed by atoms with Crippen molar-refractivity contribution in [1.29, 1.82) is 0 Å². The minimum absolute atomic E-state index is 0.0921. The lowest BCUT2D eigenvalue weighted by atomic mass is 10.2. The number of sulfonamides is 1. The molecule has 8 heteroatoms. The van der Waals surface area contributed by atoms with Gasteiger partial charge >= 0.3 is 0 Å². The van der Waals surface area contributed by atoms with E-state index in [0.29, 0.717) is 35.0 Å². The van der Waals surface area contributed by atoms with Crippen molar-refractivity contribution < 1.29 is 17.9 Å². The lowest BCUT2D eigenvalue weighted by molar-refractivity contribution is 0.355. The number of benzene rings is 3. The average Bonchev–Trinajstić information content (AvgIpc) is 3.25. The van der Waals surface area contributed by atoms with Crippen LogP contribution in [0.4, 0.5) is 5.69 Å². The predicted octanol–water partition coefficient (Wildman–Crippen LogP) is 4.42. The van der Waals surface area contributed by atoms with Gasteiger partial charge in [0.05, 0.1) is 26.5 Å². The first kappa shape index (κ1) is 21.5. The number of rotatable bonds is 8. The fraction of sp³-hybridized carbons (Fsp3) is 0.125. The third-order valence-corrected chi connectivity index (χ3v) is 6.27. The molecule has 0 bridgehead atoms. The minimum Gasteiger partial charge on any atom is -0.493 e. The van der Waals surface area contributed by atoms with Gasteiger partial charge < -0.3 is 9.47 Å². The first-order valence-electron chi connectivity index (χ1n) is 9.92. The maximum atomic E-state index is 13.4. The molecule has 4 aromatic rings. The molecule has 7 nitrogen and oxygen atoms in total. The highest BCUT2D eigenvalue weighted by atomic mass is 32.2. The Labute approximate surface area is 187 Å². The monoisotopic (exact) mass is 449 g/mol. The molecule has 1 N–H and O–H groups in total. The highest BCUT2D eigenvalue weighted by Gasteiger charge is 2.24. The second kappa shape index (κ2) is 9.15. The molecule has 4 rings (SSSR count). The van der Waals surface area contributed by atoms with E-state index in [9.17, 15) is 8.42 Å². The third kappa shape index (κ3) is 4.60. The SMILES string of the molecule is COc1ccc(NS(=O)(=O)c2cn(Cc3ccccc3)nc2-c2ccccc2)cc1OC. The van der Waals surface area contributed by atoms with Crippen molar-refractivity contribution in [2.45, 2.75) is 11.4 Å². The Morgan fingerprint density at radius 2 is 1.53 bits per heavy atom. The quantitative estimate of drug-likeness (QED) is 0.431. The van der Waals surface area contributed by atoms with Crippen LogP contribution < -0.4 is 14.2 Å². The van der Waals surface area contributed by atoms with Gasteiger partial charge in [0, 0.05) is 17.8 Å². The number of methoxy groups -OCH3 is 2. The Balaban J connectivity index is 1.73. The highest BCUT2D eigenvalue weighted by molar-refractivity contribution is 7.92. The summed E-state index contributed by atoms with van der Waals surface area (Å²) in [4.78, 5) is 0.0921. The second-order valence-corrected chi connectivity index (χ2v) is 8.72. The lowest BCUT2D eigenvalue weighted by Crippen LogP contribution is -2.13. The fourth-order valence-electron chi connectivity index (χ4n) is 3.36. The largest absolute Gasteiger partial charge is 0.493 e. The molecule has 164 valence electrons. The molecule has 0 atom stereocenters. The van der Waals surface area contributed by atoms with Crippen molar-refractivity contribution in [2.75, 3.05) is 18.9 Å². The first-order chi connectivity index (χ1) is 15.5. The Morgan fingerprint density at radius 1 is 0.875 bits per heavy atom. The summed E-state index contributed by atoms with van der Waals surface area (Å²) in [7, 11) is -0.918. The zero-order valence-electron chi connectivity index (χ0n) is 17.7.